The number of benzene rings is 2. The molecular weight excluding hydrogens is 444 g/mol. The third-order valence-corrected chi connectivity index (χ3v) is 7.97. The summed E-state index contributed by atoms with van der Waals surface area (Å²) < 4.78 is 43.7. The van der Waals surface area contributed by atoms with Gasteiger partial charge in [-0.1, -0.05) is 12.1 Å². The minimum absolute atomic E-state index is 0.101. The molecule has 176 valence electrons. The normalized spacial score (nSPS) is 16.5. The molecule has 1 aliphatic rings. The van der Waals surface area contributed by atoms with Gasteiger partial charge in [-0.05, 0) is 56.2 Å². The van der Waals surface area contributed by atoms with Crippen LogP contribution in [-0.4, -0.2) is 45.9 Å². The van der Waals surface area contributed by atoms with Gasteiger partial charge >= 0.3 is 0 Å². The summed E-state index contributed by atoms with van der Waals surface area (Å²) in [5.74, 6) is 1.52. The quantitative estimate of drug-likeness (QED) is 0.563. The SMILES string of the molecule is COc1ccc(S(=O)(=O)N2CCC(C(=O)NC(C)c3cc4cccc(OC)c4o3)CC2)cc1. The van der Waals surface area contributed by atoms with E-state index in [9.17, 15) is 13.2 Å². The van der Waals surface area contributed by atoms with E-state index in [-0.39, 0.29) is 22.8 Å². The summed E-state index contributed by atoms with van der Waals surface area (Å²) in [4.78, 5) is 13.1. The predicted molar refractivity (Wildman–Crippen MR) is 124 cm³/mol. The fourth-order valence-electron chi connectivity index (χ4n) is 4.09. The smallest absolute Gasteiger partial charge is 0.243 e. The maximum atomic E-state index is 12.9. The molecule has 1 aliphatic heterocycles. The highest BCUT2D eigenvalue weighted by Gasteiger charge is 2.32. The standard InChI is InChI=1S/C24H28N2O6S/c1-16(22-15-18-5-4-6-21(31-3)23(18)32-22)25-24(27)17-11-13-26(14-12-17)33(28,29)20-9-7-19(30-2)8-10-20/h4-10,15-17H,11-14H2,1-3H3,(H,25,27). The second-order valence-electron chi connectivity index (χ2n) is 8.11. The topological polar surface area (TPSA) is 98.1 Å². The van der Waals surface area contributed by atoms with Gasteiger partial charge in [-0.15, -0.1) is 0 Å². The van der Waals surface area contributed by atoms with Gasteiger partial charge in [0.1, 0.15) is 11.5 Å². The van der Waals surface area contributed by atoms with Crippen LogP contribution in [0.3, 0.4) is 0 Å². The van der Waals surface area contributed by atoms with Gasteiger partial charge < -0.3 is 19.2 Å². The molecule has 1 amide bonds. The molecule has 1 saturated heterocycles. The second kappa shape index (κ2) is 9.44. The number of hydrogen-bond acceptors (Lipinski definition) is 6. The zero-order valence-electron chi connectivity index (χ0n) is 18.9. The largest absolute Gasteiger partial charge is 0.497 e. The summed E-state index contributed by atoms with van der Waals surface area (Å²) in [7, 11) is -0.485. The predicted octanol–water partition coefficient (Wildman–Crippen LogP) is 3.73. The van der Waals surface area contributed by atoms with Gasteiger partial charge in [-0.25, -0.2) is 8.42 Å². The Balaban J connectivity index is 1.37. The summed E-state index contributed by atoms with van der Waals surface area (Å²) in [5, 5.41) is 3.91. The summed E-state index contributed by atoms with van der Waals surface area (Å²) >= 11 is 0. The van der Waals surface area contributed by atoms with Gasteiger partial charge in [0.25, 0.3) is 0 Å². The molecule has 0 radical (unpaired) electrons. The summed E-state index contributed by atoms with van der Waals surface area (Å²) in [6, 6.07) is 13.5. The molecule has 1 aromatic heterocycles. The van der Waals surface area contributed by atoms with E-state index >= 15 is 0 Å². The van der Waals surface area contributed by atoms with E-state index in [1.807, 2.05) is 31.2 Å². The molecule has 1 unspecified atom stereocenters. The number of fused-ring (bicyclic) bond motifs is 1. The van der Waals surface area contributed by atoms with Gasteiger partial charge in [0, 0.05) is 24.4 Å². The zero-order chi connectivity index (χ0) is 23.6. The van der Waals surface area contributed by atoms with E-state index in [0.29, 0.717) is 48.8 Å². The molecule has 9 heteroatoms. The number of rotatable bonds is 7. The van der Waals surface area contributed by atoms with Crippen molar-refractivity contribution in [2.45, 2.75) is 30.7 Å². The lowest BCUT2D eigenvalue weighted by molar-refractivity contribution is -0.126. The van der Waals surface area contributed by atoms with E-state index in [2.05, 4.69) is 5.32 Å². The van der Waals surface area contributed by atoms with E-state index in [4.69, 9.17) is 13.9 Å². The molecule has 0 aliphatic carbocycles. The lowest BCUT2D eigenvalue weighted by atomic mass is 9.97. The Morgan fingerprint density at radius 3 is 2.42 bits per heavy atom. The van der Waals surface area contributed by atoms with Gasteiger partial charge in [-0.2, -0.15) is 4.31 Å². The number of piperidine rings is 1. The Labute approximate surface area is 193 Å². The van der Waals surface area contributed by atoms with Crippen molar-refractivity contribution in [1.82, 2.24) is 9.62 Å². The monoisotopic (exact) mass is 472 g/mol. The maximum absolute atomic E-state index is 12.9. The van der Waals surface area contributed by atoms with Gasteiger partial charge in [0.05, 0.1) is 25.2 Å². The third-order valence-electron chi connectivity index (χ3n) is 6.05. The maximum Gasteiger partial charge on any atom is 0.243 e. The fraction of sp³-hybridized carbons (Fsp3) is 0.375. The molecule has 2 heterocycles. The lowest BCUT2D eigenvalue weighted by Crippen LogP contribution is -2.43. The van der Waals surface area contributed by atoms with Crippen molar-refractivity contribution in [3.05, 3.63) is 54.3 Å². The van der Waals surface area contributed by atoms with Gasteiger partial charge in [0.15, 0.2) is 11.3 Å². The van der Waals surface area contributed by atoms with Crippen LogP contribution in [0.5, 0.6) is 11.5 Å². The highest BCUT2D eigenvalue weighted by atomic mass is 32.2. The Kier molecular flexibility index (Phi) is 6.62. The number of carbonyl (C=O) groups is 1. The second-order valence-corrected chi connectivity index (χ2v) is 10.0. The fourth-order valence-corrected chi connectivity index (χ4v) is 5.56. The molecule has 8 nitrogen and oxygen atoms in total. The van der Waals surface area contributed by atoms with E-state index < -0.39 is 10.0 Å². The van der Waals surface area contributed by atoms with Crippen molar-refractivity contribution < 1.29 is 27.1 Å². The average molecular weight is 473 g/mol. The van der Waals surface area contributed by atoms with Crippen LogP contribution in [0.15, 0.2) is 57.8 Å². The number of amides is 1. The van der Waals surface area contributed by atoms with Gasteiger partial charge in [-0.3, -0.25) is 4.79 Å². The molecule has 4 rings (SSSR count). The third kappa shape index (κ3) is 4.69. The van der Waals surface area contributed by atoms with Crippen LogP contribution >= 0.6 is 0 Å². The molecule has 1 N–H and O–H groups in total. The summed E-state index contributed by atoms with van der Waals surface area (Å²) in [5.41, 5.74) is 0.646. The molecule has 3 aromatic rings. The first-order valence-electron chi connectivity index (χ1n) is 10.8. The van der Waals surface area contributed by atoms with E-state index in [1.165, 1.54) is 23.5 Å². The molecular formula is C24H28N2O6S. The number of furan rings is 1. The minimum Gasteiger partial charge on any atom is -0.497 e. The minimum atomic E-state index is -3.60. The van der Waals surface area contributed by atoms with Crippen molar-refractivity contribution in [2.75, 3.05) is 27.3 Å². The lowest BCUT2D eigenvalue weighted by Gasteiger charge is -2.31. The molecule has 33 heavy (non-hydrogen) atoms. The molecule has 1 fully saturated rings. The number of sulfonamides is 1. The molecule has 0 saturated carbocycles. The van der Waals surface area contributed by atoms with Crippen LogP contribution in [0.2, 0.25) is 0 Å². The van der Waals surface area contributed by atoms with Crippen LogP contribution < -0.4 is 14.8 Å². The van der Waals surface area contributed by atoms with Crippen molar-refractivity contribution >= 4 is 26.9 Å². The number of nitrogens with one attached hydrogen (secondary N) is 1. The first kappa shape index (κ1) is 23.1. The van der Waals surface area contributed by atoms with Crippen molar-refractivity contribution in [3.63, 3.8) is 0 Å². The Hall–Kier alpha value is -3.04. The van der Waals surface area contributed by atoms with Crippen LogP contribution in [0.1, 0.15) is 31.6 Å². The summed E-state index contributed by atoms with van der Waals surface area (Å²) in [6.45, 7) is 2.46. The molecule has 0 spiro atoms. The Bertz CT molecular complexity index is 1230. The summed E-state index contributed by atoms with van der Waals surface area (Å²) in [6.07, 6.45) is 0.920. The number of methoxy groups -OCH3 is 2. The van der Waals surface area contributed by atoms with Crippen molar-refractivity contribution in [3.8, 4) is 11.5 Å². The van der Waals surface area contributed by atoms with Crippen LogP contribution in [0, 0.1) is 5.92 Å². The molecule has 2 aromatic carbocycles. The van der Waals surface area contributed by atoms with Crippen molar-refractivity contribution in [2.24, 2.45) is 5.92 Å². The van der Waals surface area contributed by atoms with Crippen LogP contribution in [-0.2, 0) is 14.8 Å². The highest BCUT2D eigenvalue weighted by Crippen LogP contribution is 2.31. The average Bonchev–Trinajstić information content (AvgIpc) is 3.29. The number of nitrogens with zero attached hydrogens (tertiary/aromatic N) is 1. The van der Waals surface area contributed by atoms with E-state index in [1.54, 1.807) is 19.2 Å². The van der Waals surface area contributed by atoms with Crippen LogP contribution in [0.4, 0.5) is 0 Å². The first-order valence-corrected chi connectivity index (χ1v) is 12.3. The first-order chi connectivity index (χ1) is 15.8. The molecule has 0 bridgehead atoms. The van der Waals surface area contributed by atoms with Crippen molar-refractivity contribution in [1.29, 1.82) is 0 Å². The Morgan fingerprint density at radius 2 is 1.79 bits per heavy atom. The van der Waals surface area contributed by atoms with Gasteiger partial charge in [0.2, 0.25) is 15.9 Å². The number of carbonyl (C=O) groups excluding carboxylic acids is 1. The number of para-hydroxylation sites is 1. The zero-order valence-corrected chi connectivity index (χ0v) is 19.7. The van der Waals surface area contributed by atoms with E-state index in [0.717, 1.165) is 5.39 Å². The highest BCUT2D eigenvalue weighted by molar-refractivity contribution is 7.89. The number of hydrogen-bond donors (Lipinski definition) is 1. The van der Waals surface area contributed by atoms with Crippen LogP contribution in [0.25, 0.3) is 11.0 Å². The molecule has 1 atom stereocenters. The Morgan fingerprint density at radius 1 is 1.09 bits per heavy atom. The number of ether oxygens (including phenoxy) is 2.